The molecule has 0 fully saturated rings. The Hall–Kier alpha value is -2.41. The van der Waals surface area contributed by atoms with Crippen LogP contribution in [0.1, 0.15) is 11.1 Å². The minimum absolute atomic E-state index is 0. The third-order valence-electron chi connectivity index (χ3n) is 5.62. The first-order valence-electron chi connectivity index (χ1n) is 10.0. The van der Waals surface area contributed by atoms with Crippen LogP contribution in [0, 0.1) is 6.92 Å². The molecule has 30 heavy (non-hydrogen) atoms. The van der Waals surface area contributed by atoms with Crippen LogP contribution in [0.15, 0.2) is 109 Å². The standard InChI is InChI=1S/C27H27OP.BrH/c1-22-18-23(20-24(19-22)28-2)21-29(25-12-6-3-7-13-25,26-14-8-4-9-15-26)27-16-10-5-11-17-27;/h3-20,29H,21H2,1-2H3;1H. The second-order valence-electron chi connectivity index (χ2n) is 7.54. The van der Waals surface area contributed by atoms with Crippen molar-refractivity contribution in [3.63, 3.8) is 0 Å². The number of hydrogen-bond acceptors (Lipinski definition) is 1. The van der Waals surface area contributed by atoms with E-state index in [1.54, 1.807) is 7.11 Å². The first kappa shape index (κ1) is 22.3. The number of halogens is 1. The Kier molecular flexibility index (Phi) is 7.48. The second-order valence-corrected chi connectivity index (χ2v) is 11.4. The number of hydrogen-bond donors (Lipinski definition) is 0. The molecule has 0 spiro atoms. The van der Waals surface area contributed by atoms with E-state index in [4.69, 9.17) is 4.74 Å². The quantitative estimate of drug-likeness (QED) is 0.318. The van der Waals surface area contributed by atoms with Crippen molar-refractivity contribution in [1.82, 2.24) is 0 Å². The summed E-state index contributed by atoms with van der Waals surface area (Å²) in [6.07, 6.45) is 0.989. The molecule has 4 aromatic rings. The monoisotopic (exact) mass is 478 g/mol. The fourth-order valence-electron chi connectivity index (χ4n) is 4.32. The van der Waals surface area contributed by atoms with Crippen LogP contribution in [0.4, 0.5) is 0 Å². The first-order valence-corrected chi connectivity index (χ1v) is 12.2. The zero-order valence-electron chi connectivity index (χ0n) is 17.4. The molecule has 0 aliphatic carbocycles. The van der Waals surface area contributed by atoms with Crippen LogP contribution < -0.4 is 20.7 Å². The van der Waals surface area contributed by atoms with Crippen LogP contribution in [0.5, 0.6) is 5.75 Å². The van der Waals surface area contributed by atoms with E-state index in [9.17, 15) is 0 Å². The van der Waals surface area contributed by atoms with Gasteiger partial charge in [0, 0.05) is 0 Å². The molecule has 0 aliphatic rings. The summed E-state index contributed by atoms with van der Waals surface area (Å²) < 4.78 is 5.58. The molecule has 0 atom stereocenters. The van der Waals surface area contributed by atoms with Crippen molar-refractivity contribution >= 4 is 40.2 Å². The Morgan fingerprint density at radius 2 is 1.07 bits per heavy atom. The van der Waals surface area contributed by atoms with Crippen LogP contribution >= 0.6 is 24.2 Å². The van der Waals surface area contributed by atoms with Gasteiger partial charge in [0.15, 0.2) is 0 Å². The predicted octanol–water partition coefficient (Wildman–Crippen LogP) is 5.81. The van der Waals surface area contributed by atoms with Crippen LogP contribution in [0.25, 0.3) is 0 Å². The fraction of sp³-hybridized carbons (Fsp3) is 0.111. The normalized spacial score (nSPS) is 11.4. The van der Waals surface area contributed by atoms with E-state index in [0.29, 0.717) is 0 Å². The number of benzene rings is 4. The SMILES string of the molecule is Br.COc1cc(C)cc(C[PH](c2ccccc2)(c2ccccc2)c2ccccc2)c1. The summed E-state index contributed by atoms with van der Waals surface area (Å²) in [7, 11) is -0.534. The molecule has 0 amide bonds. The molecule has 0 aromatic heterocycles. The Morgan fingerprint density at radius 1 is 0.633 bits per heavy atom. The molecule has 0 bridgehead atoms. The number of methoxy groups -OCH3 is 1. The number of rotatable bonds is 6. The van der Waals surface area contributed by atoms with Crippen molar-refractivity contribution in [2.75, 3.05) is 7.11 Å². The fourth-order valence-corrected chi connectivity index (χ4v) is 9.04. The Bertz CT molecular complexity index is 969. The van der Waals surface area contributed by atoms with Crippen molar-refractivity contribution in [1.29, 1.82) is 0 Å². The average molecular weight is 479 g/mol. The summed E-state index contributed by atoms with van der Waals surface area (Å²) >= 11 is 0. The van der Waals surface area contributed by atoms with Gasteiger partial charge in [-0.05, 0) is 0 Å². The second kappa shape index (κ2) is 10.1. The van der Waals surface area contributed by atoms with Gasteiger partial charge in [0.2, 0.25) is 0 Å². The summed E-state index contributed by atoms with van der Waals surface area (Å²) in [5, 5.41) is 4.29. The van der Waals surface area contributed by atoms with Gasteiger partial charge in [-0.25, -0.2) is 0 Å². The van der Waals surface area contributed by atoms with Crippen molar-refractivity contribution < 1.29 is 4.74 Å². The van der Waals surface area contributed by atoms with Gasteiger partial charge in [-0.2, -0.15) is 0 Å². The van der Waals surface area contributed by atoms with E-state index in [0.717, 1.165) is 11.9 Å². The van der Waals surface area contributed by atoms with E-state index >= 15 is 0 Å². The Labute approximate surface area is 190 Å². The van der Waals surface area contributed by atoms with Crippen LogP contribution in [0.3, 0.4) is 0 Å². The number of ether oxygens (including phenoxy) is 1. The third-order valence-corrected chi connectivity index (χ3v) is 10.5. The van der Waals surface area contributed by atoms with Gasteiger partial charge in [-0.1, -0.05) is 0 Å². The summed E-state index contributed by atoms with van der Waals surface area (Å²) in [5.41, 5.74) is 2.56. The van der Waals surface area contributed by atoms with Gasteiger partial charge in [-0.3, -0.25) is 0 Å². The average Bonchev–Trinajstić information content (AvgIpc) is 2.79. The van der Waals surface area contributed by atoms with Crippen molar-refractivity contribution in [3.8, 4) is 5.75 Å². The molecule has 154 valence electrons. The summed E-state index contributed by atoms with van der Waals surface area (Å²) in [4.78, 5) is 0. The molecule has 4 aromatic carbocycles. The molecule has 0 N–H and O–H groups in total. The van der Waals surface area contributed by atoms with Gasteiger partial charge in [-0.15, -0.1) is 17.0 Å². The van der Waals surface area contributed by atoms with E-state index in [1.165, 1.54) is 27.0 Å². The van der Waals surface area contributed by atoms with Gasteiger partial charge in [0.25, 0.3) is 0 Å². The first-order chi connectivity index (χ1) is 14.2. The van der Waals surface area contributed by atoms with Crippen molar-refractivity contribution in [2.24, 2.45) is 0 Å². The summed E-state index contributed by atoms with van der Waals surface area (Å²) in [6, 6.07) is 39.7. The van der Waals surface area contributed by atoms with Gasteiger partial charge < -0.3 is 0 Å². The van der Waals surface area contributed by atoms with Crippen LogP contribution in [-0.2, 0) is 6.16 Å². The van der Waals surface area contributed by atoms with E-state index in [1.807, 2.05) is 0 Å². The maximum absolute atomic E-state index is 5.58. The van der Waals surface area contributed by atoms with Gasteiger partial charge in [0.05, 0.1) is 0 Å². The number of aryl methyl sites for hydroxylation is 1. The van der Waals surface area contributed by atoms with E-state index in [-0.39, 0.29) is 17.0 Å². The zero-order chi connectivity index (χ0) is 20.1. The molecule has 1 nitrogen and oxygen atoms in total. The molecule has 0 aliphatic heterocycles. The van der Waals surface area contributed by atoms with E-state index < -0.39 is 7.26 Å². The zero-order valence-corrected chi connectivity index (χ0v) is 20.1. The van der Waals surface area contributed by atoms with Crippen LogP contribution in [0.2, 0.25) is 0 Å². The topological polar surface area (TPSA) is 9.23 Å². The molecular formula is C27H28BrOP. The van der Waals surface area contributed by atoms with Gasteiger partial charge in [0.1, 0.15) is 0 Å². The molecule has 0 saturated carbocycles. The molecule has 0 unspecified atom stereocenters. The van der Waals surface area contributed by atoms with E-state index in [2.05, 4.69) is 116 Å². The molecule has 0 radical (unpaired) electrons. The molecular weight excluding hydrogens is 451 g/mol. The Balaban J connectivity index is 0.00000256. The third kappa shape index (κ3) is 4.51. The van der Waals surface area contributed by atoms with Crippen molar-refractivity contribution in [3.05, 3.63) is 120 Å². The molecule has 0 saturated heterocycles. The molecule has 3 heteroatoms. The summed E-state index contributed by atoms with van der Waals surface area (Å²) in [6.45, 7) is 2.14. The van der Waals surface area contributed by atoms with Gasteiger partial charge >= 0.3 is 174 Å². The molecule has 0 heterocycles. The van der Waals surface area contributed by atoms with Crippen molar-refractivity contribution in [2.45, 2.75) is 13.1 Å². The van der Waals surface area contributed by atoms with Crippen LogP contribution in [-0.4, -0.2) is 7.11 Å². The maximum atomic E-state index is 5.58. The minimum atomic E-state index is -2.28. The Morgan fingerprint density at radius 3 is 1.47 bits per heavy atom. The molecule has 4 rings (SSSR count). The predicted molar refractivity (Wildman–Crippen MR) is 138 cm³/mol. The summed E-state index contributed by atoms with van der Waals surface area (Å²) in [5.74, 6) is 0.928.